The van der Waals surface area contributed by atoms with Crippen LogP contribution in [-0.2, 0) is 10.0 Å². The number of likely N-dealkylation sites (tertiary alicyclic amines) is 1. The number of quaternary nitrogens is 1. The first-order valence-electron chi connectivity index (χ1n) is 10.3. The highest BCUT2D eigenvalue weighted by molar-refractivity contribution is 7.92. The number of sulfonamides is 1. The first-order chi connectivity index (χ1) is 13.9. The number of benzene rings is 2. The van der Waals surface area contributed by atoms with Crippen molar-refractivity contribution in [2.45, 2.75) is 36.6 Å². The third-order valence-electron chi connectivity index (χ3n) is 6.30. The maximum atomic E-state index is 13.8. The molecule has 3 heterocycles. The molecule has 3 aliphatic heterocycles. The molecule has 1 unspecified atom stereocenters. The van der Waals surface area contributed by atoms with Crippen molar-refractivity contribution in [2.75, 3.05) is 37.7 Å². The smallest absolute Gasteiger partial charge is 0.264 e. The molecule has 5 rings (SSSR count). The second kappa shape index (κ2) is 6.92. The van der Waals surface area contributed by atoms with Gasteiger partial charge in [0.2, 0.25) is 0 Å². The molecule has 1 N–H and O–H groups in total. The molecule has 0 amide bonds. The van der Waals surface area contributed by atoms with E-state index in [9.17, 15) is 8.42 Å². The minimum absolute atomic E-state index is 0.0310. The Labute approximate surface area is 172 Å². The van der Waals surface area contributed by atoms with Crippen molar-refractivity contribution in [1.29, 1.82) is 0 Å². The van der Waals surface area contributed by atoms with Crippen molar-refractivity contribution >= 4 is 15.7 Å². The maximum absolute atomic E-state index is 13.8. The molecular weight excluding hydrogens is 388 g/mol. The quantitative estimate of drug-likeness (QED) is 0.812. The first kappa shape index (κ1) is 18.8. The summed E-state index contributed by atoms with van der Waals surface area (Å²) in [4.78, 5) is 1.72. The van der Waals surface area contributed by atoms with Gasteiger partial charge in [0.05, 0.1) is 55.9 Å². The lowest BCUT2D eigenvalue weighted by molar-refractivity contribution is -0.886. The van der Waals surface area contributed by atoms with Crippen molar-refractivity contribution in [1.82, 2.24) is 0 Å². The van der Waals surface area contributed by atoms with E-state index in [1.165, 1.54) is 10.5 Å². The number of anilines is 1. The molecule has 1 fully saturated rings. The summed E-state index contributed by atoms with van der Waals surface area (Å²) in [5.74, 6) is 1.35. The van der Waals surface area contributed by atoms with Gasteiger partial charge in [-0.2, -0.15) is 0 Å². The summed E-state index contributed by atoms with van der Waals surface area (Å²) >= 11 is 0. The number of piperidine rings is 1. The number of nitrogens with zero attached hydrogens (tertiary/aromatic N) is 1. The summed E-state index contributed by atoms with van der Waals surface area (Å²) < 4.78 is 40.7. The summed E-state index contributed by atoms with van der Waals surface area (Å²) in [5.41, 5.74) is 3.15. The van der Waals surface area contributed by atoms with Crippen LogP contribution in [0.5, 0.6) is 11.5 Å². The number of fused-ring (bicyclic) bond motifs is 4. The van der Waals surface area contributed by atoms with Crippen LogP contribution < -0.4 is 18.7 Å². The lowest BCUT2D eigenvalue weighted by Crippen LogP contribution is -3.11. The van der Waals surface area contributed by atoms with Crippen LogP contribution in [-0.4, -0.2) is 47.8 Å². The molecule has 6 nitrogen and oxygen atoms in total. The molecule has 29 heavy (non-hydrogen) atoms. The van der Waals surface area contributed by atoms with Gasteiger partial charge in [0, 0.05) is 18.9 Å². The van der Waals surface area contributed by atoms with E-state index in [-0.39, 0.29) is 16.9 Å². The van der Waals surface area contributed by atoms with Gasteiger partial charge in [-0.05, 0) is 30.7 Å². The lowest BCUT2D eigenvalue weighted by atomic mass is 9.89. The standard InChI is InChI=1S/C22H26N2O4S/c1-15-4-6-19-17(12-15)18-14-23(2)9-8-20(18)24(19)29(25,26)16-5-7-21-22(13-16)28-11-3-10-27-21/h4-7,12-13,18,20H,3,8-11,14H2,1-2H3/p+1/t18-,20+/m1/s1. The summed E-state index contributed by atoms with van der Waals surface area (Å²) in [5, 5.41) is 0. The van der Waals surface area contributed by atoms with Crippen LogP contribution in [0.3, 0.4) is 0 Å². The minimum atomic E-state index is -3.71. The number of hydrogen-bond acceptors (Lipinski definition) is 4. The monoisotopic (exact) mass is 415 g/mol. The highest BCUT2D eigenvalue weighted by Gasteiger charge is 2.48. The number of likely N-dealkylation sites (N-methyl/N-ethyl adjacent to an activating group) is 1. The maximum Gasteiger partial charge on any atom is 0.264 e. The van der Waals surface area contributed by atoms with Crippen LogP contribution in [0.1, 0.15) is 29.9 Å². The molecule has 0 aromatic heterocycles. The second-order valence-electron chi connectivity index (χ2n) is 8.40. The lowest BCUT2D eigenvalue weighted by Gasteiger charge is -2.34. The molecule has 3 atom stereocenters. The van der Waals surface area contributed by atoms with Gasteiger partial charge >= 0.3 is 0 Å². The van der Waals surface area contributed by atoms with Crippen LogP contribution in [0, 0.1) is 6.92 Å². The van der Waals surface area contributed by atoms with Gasteiger partial charge in [-0.25, -0.2) is 8.42 Å². The predicted molar refractivity (Wildman–Crippen MR) is 111 cm³/mol. The van der Waals surface area contributed by atoms with Crippen molar-refractivity contribution < 1.29 is 22.8 Å². The molecule has 0 spiro atoms. The largest absolute Gasteiger partial charge is 0.490 e. The Morgan fingerprint density at radius 2 is 1.86 bits per heavy atom. The van der Waals surface area contributed by atoms with Gasteiger partial charge in [-0.15, -0.1) is 0 Å². The molecule has 0 radical (unpaired) electrons. The van der Waals surface area contributed by atoms with Gasteiger partial charge < -0.3 is 14.4 Å². The number of rotatable bonds is 2. The normalized spacial score (nSPS) is 25.9. The minimum Gasteiger partial charge on any atom is -0.490 e. The van der Waals surface area contributed by atoms with Crippen molar-refractivity contribution in [3.05, 3.63) is 47.5 Å². The summed E-state index contributed by atoms with van der Waals surface area (Å²) in [7, 11) is -1.52. The average molecular weight is 416 g/mol. The predicted octanol–water partition coefficient (Wildman–Crippen LogP) is 1.74. The summed E-state index contributed by atoms with van der Waals surface area (Å²) in [6, 6.07) is 11.1. The third-order valence-corrected chi connectivity index (χ3v) is 8.13. The number of ether oxygens (including phenoxy) is 2. The van der Waals surface area contributed by atoms with E-state index in [0.29, 0.717) is 24.7 Å². The van der Waals surface area contributed by atoms with Gasteiger partial charge in [-0.3, -0.25) is 4.31 Å². The van der Waals surface area contributed by atoms with Gasteiger partial charge in [-0.1, -0.05) is 17.7 Å². The first-order valence-corrected chi connectivity index (χ1v) is 11.7. The molecule has 0 saturated carbocycles. The van der Waals surface area contributed by atoms with E-state index in [1.54, 1.807) is 22.5 Å². The Bertz CT molecular complexity index is 1050. The molecule has 1 saturated heterocycles. The van der Waals surface area contributed by atoms with E-state index >= 15 is 0 Å². The SMILES string of the molecule is Cc1ccc2c(c1)[C@H]1C[NH+](C)CC[C@@H]1N2S(=O)(=O)c1ccc2c(c1)OCCCO2. The van der Waals surface area contributed by atoms with Gasteiger partial charge in [0.15, 0.2) is 11.5 Å². The fourth-order valence-corrected chi connectivity index (χ4v) is 6.64. The fourth-order valence-electron chi connectivity index (χ4n) is 4.88. The Morgan fingerprint density at radius 3 is 2.69 bits per heavy atom. The van der Waals surface area contributed by atoms with Crippen molar-refractivity contribution in [2.24, 2.45) is 0 Å². The Kier molecular flexibility index (Phi) is 4.47. The van der Waals surface area contributed by atoms with Crippen LogP contribution in [0.25, 0.3) is 0 Å². The zero-order chi connectivity index (χ0) is 20.2. The van der Waals surface area contributed by atoms with Crippen molar-refractivity contribution in [3.8, 4) is 11.5 Å². The average Bonchev–Trinajstić information content (AvgIpc) is 2.85. The molecule has 0 bridgehead atoms. The molecule has 7 heteroatoms. The summed E-state index contributed by atoms with van der Waals surface area (Å²) in [6.07, 6.45) is 1.64. The second-order valence-corrected chi connectivity index (χ2v) is 10.2. The Balaban J connectivity index is 1.60. The number of hydrogen-bond donors (Lipinski definition) is 1. The molecule has 3 aliphatic rings. The van der Waals surface area contributed by atoms with E-state index in [2.05, 4.69) is 20.0 Å². The zero-order valence-electron chi connectivity index (χ0n) is 16.8. The topological polar surface area (TPSA) is 60.3 Å². The van der Waals surface area contributed by atoms with Gasteiger partial charge in [0.1, 0.15) is 0 Å². The Hall–Kier alpha value is -2.25. The zero-order valence-corrected chi connectivity index (χ0v) is 17.7. The number of nitrogens with one attached hydrogen (secondary N) is 1. The molecule has 2 aromatic carbocycles. The van der Waals surface area contributed by atoms with E-state index in [1.807, 2.05) is 12.1 Å². The van der Waals surface area contributed by atoms with E-state index in [4.69, 9.17) is 9.47 Å². The van der Waals surface area contributed by atoms with Gasteiger partial charge in [0.25, 0.3) is 10.0 Å². The molecule has 2 aromatic rings. The highest BCUT2D eigenvalue weighted by atomic mass is 32.2. The molecule has 0 aliphatic carbocycles. The highest BCUT2D eigenvalue weighted by Crippen LogP contribution is 2.46. The Morgan fingerprint density at radius 1 is 1.07 bits per heavy atom. The number of aryl methyl sites for hydroxylation is 1. The third kappa shape index (κ3) is 3.07. The van der Waals surface area contributed by atoms with Crippen molar-refractivity contribution in [3.63, 3.8) is 0 Å². The van der Waals surface area contributed by atoms with E-state index in [0.717, 1.165) is 37.2 Å². The summed E-state index contributed by atoms with van der Waals surface area (Å²) in [6.45, 7) is 5.10. The molecular formula is C22H27N2O4S+. The fraction of sp³-hybridized carbons (Fsp3) is 0.455. The van der Waals surface area contributed by atoms with Crippen LogP contribution in [0.4, 0.5) is 5.69 Å². The van der Waals surface area contributed by atoms with Crippen LogP contribution in [0.15, 0.2) is 41.3 Å². The van der Waals surface area contributed by atoms with Crippen LogP contribution in [0.2, 0.25) is 0 Å². The van der Waals surface area contributed by atoms with E-state index < -0.39 is 10.0 Å². The van der Waals surface area contributed by atoms with Crippen LogP contribution >= 0.6 is 0 Å². The molecule has 154 valence electrons.